The SMILES string of the molecule is CCC(C)(C)n1nnnc1[C@H](c1cc2c(C)cc(C)cc2[nH]c1=O)N1CCC(O)CC1. The fourth-order valence-corrected chi connectivity index (χ4v) is 4.48. The highest BCUT2D eigenvalue weighted by atomic mass is 16.3. The fraction of sp³-hybridized carbons (Fsp3) is 0.565. The molecule has 0 spiro atoms. The van der Waals surface area contributed by atoms with Gasteiger partial charge in [-0.15, -0.1) is 5.10 Å². The van der Waals surface area contributed by atoms with E-state index >= 15 is 0 Å². The summed E-state index contributed by atoms with van der Waals surface area (Å²) >= 11 is 0. The number of tetrazole rings is 1. The molecule has 1 saturated heterocycles. The van der Waals surface area contributed by atoms with Gasteiger partial charge in [0.1, 0.15) is 6.04 Å². The second-order valence-corrected chi connectivity index (χ2v) is 9.38. The van der Waals surface area contributed by atoms with Gasteiger partial charge >= 0.3 is 0 Å². The number of hydrogen-bond donors (Lipinski definition) is 2. The second kappa shape index (κ2) is 8.16. The van der Waals surface area contributed by atoms with Gasteiger partial charge in [-0.1, -0.05) is 13.0 Å². The molecule has 0 amide bonds. The molecule has 0 aliphatic carbocycles. The number of hydrogen-bond acceptors (Lipinski definition) is 6. The van der Waals surface area contributed by atoms with Crippen LogP contribution in [0.4, 0.5) is 0 Å². The van der Waals surface area contributed by atoms with Crippen LogP contribution in [0.25, 0.3) is 10.9 Å². The zero-order chi connectivity index (χ0) is 22.3. The van der Waals surface area contributed by atoms with Crippen molar-refractivity contribution in [3.8, 4) is 0 Å². The predicted octanol–water partition coefficient (Wildman–Crippen LogP) is 2.82. The number of pyridine rings is 1. The second-order valence-electron chi connectivity index (χ2n) is 9.38. The first-order valence-corrected chi connectivity index (χ1v) is 11.1. The minimum Gasteiger partial charge on any atom is -0.393 e. The van der Waals surface area contributed by atoms with Gasteiger partial charge < -0.3 is 10.1 Å². The van der Waals surface area contributed by atoms with Crippen LogP contribution in [0.3, 0.4) is 0 Å². The van der Waals surface area contributed by atoms with Gasteiger partial charge in [-0.3, -0.25) is 9.69 Å². The number of piperidine rings is 1. The highest BCUT2D eigenvalue weighted by molar-refractivity contribution is 5.83. The highest BCUT2D eigenvalue weighted by Crippen LogP contribution is 2.32. The summed E-state index contributed by atoms with van der Waals surface area (Å²) in [4.78, 5) is 18.6. The maximum Gasteiger partial charge on any atom is 0.253 e. The molecule has 0 unspecified atom stereocenters. The van der Waals surface area contributed by atoms with E-state index in [-0.39, 0.29) is 23.2 Å². The number of nitrogens with one attached hydrogen (secondary N) is 1. The first-order valence-electron chi connectivity index (χ1n) is 11.1. The van der Waals surface area contributed by atoms with Gasteiger partial charge in [-0.05, 0) is 80.6 Å². The summed E-state index contributed by atoms with van der Waals surface area (Å²) < 4.78 is 1.86. The normalized spacial score (nSPS) is 17.4. The van der Waals surface area contributed by atoms with E-state index in [9.17, 15) is 9.90 Å². The van der Waals surface area contributed by atoms with E-state index in [1.807, 2.05) is 23.7 Å². The molecule has 1 aliphatic rings. The van der Waals surface area contributed by atoms with E-state index in [2.05, 4.69) is 59.2 Å². The zero-order valence-corrected chi connectivity index (χ0v) is 19.0. The molecular weight excluding hydrogens is 392 g/mol. The maximum atomic E-state index is 13.3. The Labute approximate surface area is 182 Å². The first-order chi connectivity index (χ1) is 14.7. The summed E-state index contributed by atoms with van der Waals surface area (Å²) in [5, 5.41) is 23.8. The lowest BCUT2D eigenvalue weighted by atomic mass is 9.96. The Kier molecular flexibility index (Phi) is 5.70. The summed E-state index contributed by atoms with van der Waals surface area (Å²) in [6, 6.07) is 5.74. The topological polar surface area (TPSA) is 99.9 Å². The summed E-state index contributed by atoms with van der Waals surface area (Å²) in [5.41, 5.74) is 3.30. The molecule has 8 heteroatoms. The third kappa shape index (κ3) is 4.02. The maximum absolute atomic E-state index is 13.3. The average molecular weight is 425 g/mol. The Morgan fingerprint density at radius 1 is 1.23 bits per heavy atom. The largest absolute Gasteiger partial charge is 0.393 e. The molecule has 1 aromatic carbocycles. The molecule has 1 aliphatic heterocycles. The van der Waals surface area contributed by atoms with E-state index in [1.165, 1.54) is 0 Å². The summed E-state index contributed by atoms with van der Waals surface area (Å²) in [6.45, 7) is 11.7. The van der Waals surface area contributed by atoms with Crippen LogP contribution in [0.15, 0.2) is 23.0 Å². The standard InChI is InChI=1S/C23H32N6O2/c1-6-23(4,5)29-21(25-26-27-29)20(28-9-7-16(30)8-10-28)18-13-17-15(3)11-14(2)12-19(17)24-22(18)31/h11-13,16,20,30H,6-10H2,1-5H3,(H,24,31)/t20-/m0/s1. The van der Waals surface area contributed by atoms with Crippen molar-refractivity contribution in [3.63, 3.8) is 0 Å². The fourth-order valence-electron chi connectivity index (χ4n) is 4.48. The molecular formula is C23H32N6O2. The van der Waals surface area contributed by atoms with Crippen molar-refractivity contribution in [1.29, 1.82) is 0 Å². The van der Waals surface area contributed by atoms with E-state index in [4.69, 9.17) is 0 Å². The van der Waals surface area contributed by atoms with Crippen molar-refractivity contribution in [2.45, 2.75) is 71.6 Å². The van der Waals surface area contributed by atoms with Crippen LogP contribution in [0, 0.1) is 13.8 Å². The summed E-state index contributed by atoms with van der Waals surface area (Å²) in [6.07, 6.45) is 1.88. The van der Waals surface area contributed by atoms with Gasteiger partial charge in [0.25, 0.3) is 5.56 Å². The highest BCUT2D eigenvalue weighted by Gasteiger charge is 2.35. The number of aliphatic hydroxyl groups excluding tert-OH is 1. The van der Waals surface area contributed by atoms with Gasteiger partial charge in [-0.2, -0.15) is 0 Å². The van der Waals surface area contributed by atoms with Crippen LogP contribution in [-0.2, 0) is 5.54 Å². The van der Waals surface area contributed by atoms with Crippen LogP contribution >= 0.6 is 0 Å². The molecule has 1 fully saturated rings. The van der Waals surface area contributed by atoms with Crippen molar-refractivity contribution >= 4 is 10.9 Å². The van der Waals surface area contributed by atoms with Crippen LogP contribution in [0.2, 0.25) is 0 Å². The zero-order valence-electron chi connectivity index (χ0n) is 19.0. The van der Waals surface area contributed by atoms with Gasteiger partial charge in [-0.25, -0.2) is 4.68 Å². The van der Waals surface area contributed by atoms with Gasteiger partial charge in [0.2, 0.25) is 0 Å². The van der Waals surface area contributed by atoms with Gasteiger partial charge in [0, 0.05) is 29.6 Å². The molecule has 0 radical (unpaired) electrons. The minimum absolute atomic E-state index is 0.127. The lowest BCUT2D eigenvalue weighted by Gasteiger charge is -2.36. The van der Waals surface area contributed by atoms with Gasteiger partial charge in [0.15, 0.2) is 5.82 Å². The Morgan fingerprint density at radius 3 is 2.61 bits per heavy atom. The van der Waals surface area contributed by atoms with E-state index < -0.39 is 0 Å². The molecule has 166 valence electrons. The molecule has 0 bridgehead atoms. The van der Waals surface area contributed by atoms with E-state index in [0.29, 0.717) is 37.3 Å². The molecule has 4 rings (SSSR count). The lowest BCUT2D eigenvalue weighted by molar-refractivity contribution is 0.0644. The van der Waals surface area contributed by atoms with Gasteiger partial charge in [0.05, 0.1) is 11.6 Å². The summed E-state index contributed by atoms with van der Waals surface area (Å²) in [5.74, 6) is 0.665. The van der Waals surface area contributed by atoms with Crippen molar-refractivity contribution in [2.24, 2.45) is 0 Å². The number of aryl methyl sites for hydroxylation is 2. The third-order valence-electron chi connectivity index (χ3n) is 6.68. The van der Waals surface area contributed by atoms with Crippen LogP contribution in [-0.4, -0.2) is 54.4 Å². The van der Waals surface area contributed by atoms with E-state index in [1.54, 1.807) is 0 Å². The summed E-state index contributed by atoms with van der Waals surface area (Å²) in [7, 11) is 0. The van der Waals surface area contributed by atoms with Crippen molar-refractivity contribution in [1.82, 2.24) is 30.1 Å². The lowest BCUT2D eigenvalue weighted by Crippen LogP contribution is -2.43. The number of aromatic amines is 1. The number of H-pyrrole nitrogens is 1. The number of benzene rings is 1. The monoisotopic (exact) mass is 424 g/mol. The Bertz CT molecular complexity index is 1140. The Hall–Kier alpha value is -2.58. The molecule has 0 saturated carbocycles. The number of aromatic nitrogens is 5. The molecule has 1 atom stereocenters. The Morgan fingerprint density at radius 2 is 1.94 bits per heavy atom. The molecule has 3 heterocycles. The van der Waals surface area contributed by atoms with Crippen LogP contribution < -0.4 is 5.56 Å². The molecule has 2 N–H and O–H groups in total. The van der Waals surface area contributed by atoms with Crippen LogP contribution in [0.5, 0.6) is 0 Å². The van der Waals surface area contributed by atoms with E-state index in [0.717, 1.165) is 28.5 Å². The molecule has 3 aromatic rings. The molecule has 2 aromatic heterocycles. The Balaban J connectivity index is 1.92. The number of fused-ring (bicyclic) bond motifs is 1. The number of likely N-dealkylation sites (tertiary alicyclic amines) is 1. The number of nitrogens with zero attached hydrogens (tertiary/aromatic N) is 5. The minimum atomic E-state index is -0.387. The number of rotatable bonds is 5. The van der Waals surface area contributed by atoms with Crippen molar-refractivity contribution in [3.05, 3.63) is 51.1 Å². The van der Waals surface area contributed by atoms with Crippen molar-refractivity contribution < 1.29 is 5.11 Å². The quantitative estimate of drug-likeness (QED) is 0.653. The van der Waals surface area contributed by atoms with Crippen LogP contribution in [0.1, 0.15) is 68.6 Å². The number of aliphatic hydroxyl groups is 1. The smallest absolute Gasteiger partial charge is 0.253 e. The average Bonchev–Trinajstić information content (AvgIpc) is 3.20. The van der Waals surface area contributed by atoms with Crippen molar-refractivity contribution in [2.75, 3.05) is 13.1 Å². The molecule has 8 nitrogen and oxygen atoms in total. The molecule has 31 heavy (non-hydrogen) atoms. The predicted molar refractivity (Wildman–Crippen MR) is 120 cm³/mol. The third-order valence-corrected chi connectivity index (χ3v) is 6.68. The first kappa shape index (κ1) is 21.6.